The third kappa shape index (κ3) is 2.55. The molecule has 0 saturated carbocycles. The number of rotatable bonds is 1. The third-order valence-electron chi connectivity index (χ3n) is 2.04. The number of benzene rings is 1. The van der Waals surface area contributed by atoms with Crippen LogP contribution >= 0.6 is 0 Å². The molecule has 0 aliphatic heterocycles. The van der Waals surface area contributed by atoms with Gasteiger partial charge in [0.15, 0.2) is 0 Å². The van der Waals surface area contributed by atoms with E-state index in [2.05, 4.69) is 21.9 Å². The molecule has 1 aromatic carbocycles. The molecule has 0 atom stereocenters. The SMILES string of the molecule is Cc1cccc(C#CCN=[N+]=[N-])c1C. The molecule has 3 heteroatoms. The van der Waals surface area contributed by atoms with Crippen molar-refractivity contribution in [2.75, 3.05) is 6.54 Å². The summed E-state index contributed by atoms with van der Waals surface area (Å²) in [6.45, 7) is 4.31. The fourth-order valence-corrected chi connectivity index (χ4v) is 1.09. The van der Waals surface area contributed by atoms with Gasteiger partial charge in [0, 0.05) is 10.5 Å². The molecule has 0 radical (unpaired) electrons. The molecule has 0 fully saturated rings. The Morgan fingerprint density at radius 1 is 1.43 bits per heavy atom. The van der Waals surface area contributed by atoms with Gasteiger partial charge in [0.1, 0.15) is 0 Å². The van der Waals surface area contributed by atoms with Crippen LogP contribution in [0.25, 0.3) is 10.4 Å². The zero-order valence-electron chi connectivity index (χ0n) is 8.28. The van der Waals surface area contributed by atoms with Crippen LogP contribution in [0.2, 0.25) is 0 Å². The van der Waals surface area contributed by atoms with E-state index in [1.54, 1.807) is 0 Å². The second-order valence-corrected chi connectivity index (χ2v) is 2.94. The lowest BCUT2D eigenvalue weighted by atomic mass is 10.0. The summed E-state index contributed by atoms with van der Waals surface area (Å²) in [5.74, 6) is 5.77. The van der Waals surface area contributed by atoms with E-state index in [0.29, 0.717) is 0 Å². The maximum Gasteiger partial charge on any atom is 0.0880 e. The molecule has 1 rings (SSSR count). The van der Waals surface area contributed by atoms with E-state index in [0.717, 1.165) is 5.56 Å². The zero-order valence-corrected chi connectivity index (χ0v) is 8.28. The van der Waals surface area contributed by atoms with Crippen molar-refractivity contribution in [3.63, 3.8) is 0 Å². The van der Waals surface area contributed by atoms with Gasteiger partial charge in [-0.2, -0.15) is 0 Å². The lowest BCUT2D eigenvalue weighted by molar-refractivity contribution is 1.25. The van der Waals surface area contributed by atoms with Crippen LogP contribution in [-0.2, 0) is 0 Å². The van der Waals surface area contributed by atoms with Gasteiger partial charge in [-0.05, 0) is 36.6 Å². The van der Waals surface area contributed by atoms with Crippen molar-refractivity contribution in [3.8, 4) is 11.8 Å². The summed E-state index contributed by atoms with van der Waals surface area (Å²) in [7, 11) is 0. The number of hydrogen-bond donors (Lipinski definition) is 0. The summed E-state index contributed by atoms with van der Waals surface area (Å²) < 4.78 is 0. The first-order valence-electron chi connectivity index (χ1n) is 4.31. The van der Waals surface area contributed by atoms with E-state index in [9.17, 15) is 0 Å². The number of azide groups is 1. The van der Waals surface area contributed by atoms with Gasteiger partial charge in [0.05, 0.1) is 6.54 Å². The molecule has 0 bridgehead atoms. The molecular weight excluding hydrogens is 174 g/mol. The van der Waals surface area contributed by atoms with Gasteiger partial charge >= 0.3 is 0 Å². The number of nitrogens with zero attached hydrogens (tertiary/aromatic N) is 3. The standard InChI is InChI=1S/C11H11N3/c1-9-5-3-6-11(10(9)2)7-4-8-13-14-12/h3,5-6H,8H2,1-2H3. The summed E-state index contributed by atoms with van der Waals surface area (Å²) in [6.07, 6.45) is 0. The molecule has 70 valence electrons. The molecule has 0 unspecified atom stereocenters. The largest absolute Gasteiger partial charge is 0.0919 e. The van der Waals surface area contributed by atoms with E-state index < -0.39 is 0 Å². The van der Waals surface area contributed by atoms with Gasteiger partial charge in [-0.3, -0.25) is 0 Å². The highest BCUT2D eigenvalue weighted by Crippen LogP contribution is 2.10. The smallest absolute Gasteiger partial charge is 0.0880 e. The molecule has 14 heavy (non-hydrogen) atoms. The lowest BCUT2D eigenvalue weighted by Crippen LogP contribution is -1.85. The molecule has 0 aliphatic rings. The number of aryl methyl sites for hydroxylation is 1. The molecular formula is C11H11N3. The van der Waals surface area contributed by atoms with Crippen molar-refractivity contribution >= 4 is 0 Å². The first-order valence-corrected chi connectivity index (χ1v) is 4.31. The van der Waals surface area contributed by atoms with E-state index in [1.807, 2.05) is 32.0 Å². The maximum atomic E-state index is 8.05. The van der Waals surface area contributed by atoms with Crippen LogP contribution in [-0.4, -0.2) is 6.54 Å². The Bertz CT molecular complexity index is 432. The van der Waals surface area contributed by atoms with Gasteiger partial charge < -0.3 is 0 Å². The van der Waals surface area contributed by atoms with E-state index >= 15 is 0 Å². The predicted molar refractivity (Wildman–Crippen MR) is 56.8 cm³/mol. The van der Waals surface area contributed by atoms with Crippen molar-refractivity contribution in [1.82, 2.24) is 0 Å². The van der Waals surface area contributed by atoms with Crippen molar-refractivity contribution in [3.05, 3.63) is 45.3 Å². The van der Waals surface area contributed by atoms with Crippen LogP contribution in [0.4, 0.5) is 0 Å². The van der Waals surface area contributed by atoms with Crippen LogP contribution in [0.5, 0.6) is 0 Å². The van der Waals surface area contributed by atoms with Crippen LogP contribution in [0.3, 0.4) is 0 Å². The summed E-state index contributed by atoms with van der Waals surface area (Å²) in [6, 6.07) is 5.99. The summed E-state index contributed by atoms with van der Waals surface area (Å²) in [5.41, 5.74) is 11.5. The minimum atomic E-state index is 0.226. The van der Waals surface area contributed by atoms with Gasteiger partial charge in [0.25, 0.3) is 0 Å². The van der Waals surface area contributed by atoms with Crippen molar-refractivity contribution in [2.24, 2.45) is 5.11 Å². The minimum Gasteiger partial charge on any atom is -0.0919 e. The molecule has 0 N–H and O–H groups in total. The Hall–Kier alpha value is -1.91. The van der Waals surface area contributed by atoms with Gasteiger partial charge in [-0.25, -0.2) is 0 Å². The van der Waals surface area contributed by atoms with Crippen molar-refractivity contribution in [2.45, 2.75) is 13.8 Å². The van der Waals surface area contributed by atoms with Gasteiger partial charge in [-0.15, -0.1) is 0 Å². The van der Waals surface area contributed by atoms with Crippen LogP contribution in [0, 0.1) is 25.7 Å². The summed E-state index contributed by atoms with van der Waals surface area (Å²) in [4.78, 5) is 2.63. The minimum absolute atomic E-state index is 0.226. The maximum absolute atomic E-state index is 8.05. The molecule has 0 aliphatic carbocycles. The fourth-order valence-electron chi connectivity index (χ4n) is 1.09. The Morgan fingerprint density at radius 3 is 2.93 bits per heavy atom. The molecule has 0 amide bonds. The van der Waals surface area contributed by atoms with E-state index in [1.165, 1.54) is 11.1 Å². The van der Waals surface area contributed by atoms with Crippen LogP contribution < -0.4 is 0 Å². The number of hydrogen-bond acceptors (Lipinski definition) is 1. The molecule has 0 heterocycles. The Kier molecular flexibility index (Phi) is 3.60. The monoisotopic (exact) mass is 185 g/mol. The summed E-state index contributed by atoms with van der Waals surface area (Å²) in [5, 5.41) is 3.35. The summed E-state index contributed by atoms with van der Waals surface area (Å²) >= 11 is 0. The zero-order chi connectivity index (χ0) is 10.4. The van der Waals surface area contributed by atoms with Gasteiger partial charge in [-0.1, -0.05) is 29.1 Å². The van der Waals surface area contributed by atoms with Gasteiger partial charge in [0.2, 0.25) is 0 Å². The molecule has 0 aromatic heterocycles. The molecule has 3 nitrogen and oxygen atoms in total. The van der Waals surface area contributed by atoms with E-state index in [-0.39, 0.29) is 6.54 Å². The highest BCUT2D eigenvalue weighted by molar-refractivity contribution is 5.44. The molecule has 1 aromatic rings. The fraction of sp³-hybridized carbons (Fsp3) is 0.273. The topological polar surface area (TPSA) is 48.8 Å². The Morgan fingerprint density at radius 2 is 2.21 bits per heavy atom. The van der Waals surface area contributed by atoms with Crippen LogP contribution in [0.15, 0.2) is 23.3 Å². The first-order chi connectivity index (χ1) is 6.75. The second-order valence-electron chi connectivity index (χ2n) is 2.94. The first kappa shape index (κ1) is 10.2. The Labute approximate surface area is 83.4 Å². The van der Waals surface area contributed by atoms with Crippen LogP contribution in [0.1, 0.15) is 16.7 Å². The average molecular weight is 185 g/mol. The third-order valence-corrected chi connectivity index (χ3v) is 2.04. The highest BCUT2D eigenvalue weighted by atomic mass is 15.1. The molecule has 0 spiro atoms. The Balaban J connectivity index is 2.89. The predicted octanol–water partition coefficient (Wildman–Crippen LogP) is 2.97. The second kappa shape index (κ2) is 4.96. The average Bonchev–Trinajstić information content (AvgIpc) is 2.19. The van der Waals surface area contributed by atoms with Crippen molar-refractivity contribution in [1.29, 1.82) is 0 Å². The molecule has 0 saturated heterocycles. The van der Waals surface area contributed by atoms with Crippen molar-refractivity contribution < 1.29 is 0 Å². The normalized spacial score (nSPS) is 8.43. The lowest BCUT2D eigenvalue weighted by Gasteiger charge is -2.00. The van der Waals surface area contributed by atoms with E-state index in [4.69, 9.17) is 5.53 Å². The quantitative estimate of drug-likeness (QED) is 0.279. The highest BCUT2D eigenvalue weighted by Gasteiger charge is 1.95.